The van der Waals surface area contributed by atoms with Crippen molar-refractivity contribution in [1.29, 1.82) is 0 Å². The van der Waals surface area contributed by atoms with Gasteiger partial charge >= 0.3 is 5.97 Å². The number of rotatable bonds is 3. The van der Waals surface area contributed by atoms with Crippen LogP contribution in [0.3, 0.4) is 0 Å². The minimum absolute atomic E-state index is 0.0821. The molecule has 2 heterocycles. The number of aromatic nitrogens is 2. The van der Waals surface area contributed by atoms with Crippen LogP contribution in [-0.4, -0.2) is 44.8 Å². The van der Waals surface area contributed by atoms with Crippen molar-refractivity contribution in [2.45, 2.75) is 19.8 Å². The number of likely N-dealkylation sites (tertiary alicyclic amines) is 1. The molecule has 1 aliphatic heterocycles. The van der Waals surface area contributed by atoms with E-state index in [1.165, 1.54) is 6.08 Å². The molecule has 1 N–H and O–H groups in total. The lowest BCUT2D eigenvalue weighted by Crippen LogP contribution is -2.44. The lowest BCUT2D eigenvalue weighted by atomic mass is 9.80. The number of aliphatic carboxylic acids is 1. The summed E-state index contributed by atoms with van der Waals surface area (Å²) in [6.07, 6.45) is 7.73. The average Bonchev–Trinajstić information content (AvgIpc) is 2.82. The Morgan fingerprint density at radius 2 is 2.05 bits per heavy atom. The summed E-state index contributed by atoms with van der Waals surface area (Å²) in [7, 11) is 1.82. The van der Waals surface area contributed by atoms with Crippen molar-refractivity contribution < 1.29 is 14.7 Å². The van der Waals surface area contributed by atoms with Crippen LogP contribution in [-0.2, 0) is 16.6 Å². The Labute approximate surface area is 117 Å². The average molecular weight is 277 g/mol. The molecular formula is C14H19N3O3. The van der Waals surface area contributed by atoms with Gasteiger partial charge < -0.3 is 10.0 Å². The Hall–Kier alpha value is -2.11. The van der Waals surface area contributed by atoms with E-state index in [-0.39, 0.29) is 5.91 Å². The van der Waals surface area contributed by atoms with Gasteiger partial charge in [0, 0.05) is 38.0 Å². The van der Waals surface area contributed by atoms with Gasteiger partial charge in [0.25, 0.3) is 0 Å². The van der Waals surface area contributed by atoms with Gasteiger partial charge in [-0.25, -0.2) is 0 Å². The number of piperidine rings is 1. The predicted octanol–water partition coefficient (Wildman–Crippen LogP) is 1.15. The molecule has 1 aromatic rings. The third-order valence-corrected chi connectivity index (χ3v) is 3.84. The molecule has 0 unspecified atom stereocenters. The fourth-order valence-corrected chi connectivity index (χ4v) is 2.23. The predicted molar refractivity (Wildman–Crippen MR) is 73.8 cm³/mol. The van der Waals surface area contributed by atoms with E-state index >= 15 is 0 Å². The lowest BCUT2D eigenvalue weighted by Gasteiger charge is -2.35. The molecule has 1 fully saturated rings. The Kier molecular flexibility index (Phi) is 3.92. The van der Waals surface area contributed by atoms with Crippen LogP contribution in [0.5, 0.6) is 0 Å². The maximum atomic E-state index is 12.0. The first-order valence-electron chi connectivity index (χ1n) is 6.60. The van der Waals surface area contributed by atoms with Crippen LogP contribution in [0.1, 0.15) is 25.3 Å². The highest BCUT2D eigenvalue weighted by molar-refractivity contribution is 5.92. The van der Waals surface area contributed by atoms with Crippen LogP contribution in [0.25, 0.3) is 6.08 Å². The molecule has 0 aliphatic carbocycles. The molecule has 0 radical (unpaired) electrons. The second kappa shape index (κ2) is 5.48. The molecule has 20 heavy (non-hydrogen) atoms. The maximum Gasteiger partial charge on any atom is 0.309 e. The zero-order chi connectivity index (χ0) is 14.8. The fraction of sp³-hybridized carbons (Fsp3) is 0.500. The topological polar surface area (TPSA) is 75.4 Å². The van der Waals surface area contributed by atoms with Crippen LogP contribution in [0, 0.1) is 5.41 Å². The number of carboxylic acid groups (broad SMARTS) is 1. The third kappa shape index (κ3) is 3.07. The van der Waals surface area contributed by atoms with Crippen molar-refractivity contribution >= 4 is 18.0 Å². The number of hydrogen-bond donors (Lipinski definition) is 1. The van der Waals surface area contributed by atoms with Crippen molar-refractivity contribution in [2.24, 2.45) is 12.5 Å². The quantitative estimate of drug-likeness (QED) is 0.841. The summed E-state index contributed by atoms with van der Waals surface area (Å²) in [6, 6.07) is 0. The summed E-state index contributed by atoms with van der Waals surface area (Å²) < 4.78 is 1.67. The fourth-order valence-electron chi connectivity index (χ4n) is 2.23. The number of amides is 1. The van der Waals surface area contributed by atoms with Crippen LogP contribution in [0.4, 0.5) is 0 Å². The summed E-state index contributed by atoms with van der Waals surface area (Å²) in [4.78, 5) is 24.9. The van der Waals surface area contributed by atoms with E-state index < -0.39 is 11.4 Å². The van der Waals surface area contributed by atoms with E-state index in [9.17, 15) is 9.59 Å². The van der Waals surface area contributed by atoms with E-state index in [2.05, 4.69) is 5.10 Å². The van der Waals surface area contributed by atoms with Crippen LogP contribution in [0.2, 0.25) is 0 Å². The molecule has 0 bridgehead atoms. The second-order valence-electron chi connectivity index (χ2n) is 5.47. The first-order chi connectivity index (χ1) is 9.40. The highest BCUT2D eigenvalue weighted by Crippen LogP contribution is 2.31. The van der Waals surface area contributed by atoms with Gasteiger partial charge in [0.05, 0.1) is 11.6 Å². The summed E-state index contributed by atoms with van der Waals surface area (Å²) in [5.41, 5.74) is 0.164. The number of hydrogen-bond acceptors (Lipinski definition) is 3. The molecule has 1 amide bonds. The summed E-state index contributed by atoms with van der Waals surface area (Å²) in [6.45, 7) is 2.71. The van der Waals surface area contributed by atoms with Gasteiger partial charge in [0.1, 0.15) is 0 Å². The number of aryl methyl sites for hydroxylation is 1. The van der Waals surface area contributed by atoms with Crippen molar-refractivity contribution in [3.05, 3.63) is 24.0 Å². The summed E-state index contributed by atoms with van der Waals surface area (Å²) in [5, 5.41) is 13.2. The van der Waals surface area contributed by atoms with Gasteiger partial charge in [-0.05, 0) is 25.8 Å². The molecule has 108 valence electrons. The molecule has 6 heteroatoms. The molecule has 0 aromatic carbocycles. The van der Waals surface area contributed by atoms with E-state index in [0.29, 0.717) is 25.9 Å². The molecule has 1 aliphatic rings. The monoisotopic (exact) mass is 277 g/mol. The summed E-state index contributed by atoms with van der Waals surface area (Å²) >= 11 is 0. The lowest BCUT2D eigenvalue weighted by molar-refractivity contribution is -0.152. The van der Waals surface area contributed by atoms with Crippen molar-refractivity contribution in [2.75, 3.05) is 13.1 Å². The minimum Gasteiger partial charge on any atom is -0.481 e. The standard InChI is InChI=1S/C14H19N3O3/c1-14(13(19)20)5-7-17(8-6-14)12(18)4-3-11-9-15-16(2)10-11/h3-4,9-10H,5-8H2,1-2H3,(H,19,20). The van der Waals surface area contributed by atoms with E-state index in [0.717, 1.165) is 5.56 Å². The van der Waals surface area contributed by atoms with Crippen molar-refractivity contribution in [1.82, 2.24) is 14.7 Å². The van der Waals surface area contributed by atoms with Gasteiger partial charge in [0.2, 0.25) is 5.91 Å². The summed E-state index contributed by atoms with van der Waals surface area (Å²) in [5.74, 6) is -0.864. The van der Waals surface area contributed by atoms with E-state index in [1.54, 1.807) is 28.8 Å². The molecule has 0 atom stereocenters. The molecule has 6 nitrogen and oxygen atoms in total. The SMILES string of the molecule is Cn1cc(C=CC(=O)N2CCC(C)(C(=O)O)CC2)cn1. The van der Waals surface area contributed by atoms with Crippen LogP contribution in [0.15, 0.2) is 18.5 Å². The first kappa shape index (κ1) is 14.3. The molecule has 1 saturated heterocycles. The first-order valence-corrected chi connectivity index (χ1v) is 6.60. The van der Waals surface area contributed by atoms with Crippen molar-refractivity contribution in [3.63, 3.8) is 0 Å². The Morgan fingerprint density at radius 1 is 1.40 bits per heavy atom. The molecule has 2 rings (SSSR count). The normalized spacial score (nSPS) is 18.4. The van der Waals surface area contributed by atoms with Crippen LogP contribution >= 0.6 is 0 Å². The number of carbonyl (C=O) groups is 2. The Balaban J connectivity index is 1.92. The van der Waals surface area contributed by atoms with E-state index in [4.69, 9.17) is 5.11 Å². The van der Waals surface area contributed by atoms with Gasteiger partial charge in [-0.2, -0.15) is 5.10 Å². The van der Waals surface area contributed by atoms with Gasteiger partial charge in [-0.15, -0.1) is 0 Å². The third-order valence-electron chi connectivity index (χ3n) is 3.84. The highest BCUT2D eigenvalue weighted by atomic mass is 16.4. The van der Waals surface area contributed by atoms with Gasteiger partial charge in [-0.3, -0.25) is 14.3 Å². The number of nitrogens with zero attached hydrogens (tertiary/aromatic N) is 3. The molecular weight excluding hydrogens is 258 g/mol. The van der Waals surface area contributed by atoms with Gasteiger partial charge in [0.15, 0.2) is 0 Å². The Morgan fingerprint density at radius 3 is 2.55 bits per heavy atom. The zero-order valence-electron chi connectivity index (χ0n) is 11.7. The largest absolute Gasteiger partial charge is 0.481 e. The molecule has 0 saturated carbocycles. The Bertz CT molecular complexity index is 540. The zero-order valence-corrected chi connectivity index (χ0v) is 11.7. The molecule has 0 spiro atoms. The smallest absolute Gasteiger partial charge is 0.309 e. The van der Waals surface area contributed by atoms with Crippen LogP contribution < -0.4 is 0 Å². The number of carboxylic acids is 1. The minimum atomic E-state index is -0.782. The highest BCUT2D eigenvalue weighted by Gasteiger charge is 2.37. The van der Waals surface area contributed by atoms with Crippen molar-refractivity contribution in [3.8, 4) is 0 Å². The van der Waals surface area contributed by atoms with E-state index in [1.807, 2.05) is 13.2 Å². The second-order valence-corrected chi connectivity index (χ2v) is 5.47. The maximum absolute atomic E-state index is 12.0. The number of carbonyl (C=O) groups excluding carboxylic acids is 1. The van der Waals surface area contributed by atoms with Gasteiger partial charge in [-0.1, -0.05) is 0 Å². The molecule has 1 aromatic heterocycles.